The molecule has 2 aromatic heterocycles. The van der Waals surface area contributed by atoms with Gasteiger partial charge in [0.2, 0.25) is 5.91 Å². The number of rotatable bonds is 5. The molecule has 8 heteroatoms. The predicted molar refractivity (Wildman–Crippen MR) is 105 cm³/mol. The Morgan fingerprint density at radius 1 is 1.07 bits per heavy atom. The third kappa shape index (κ3) is 3.66. The van der Waals surface area contributed by atoms with Crippen LogP contribution in [0, 0.1) is 0 Å². The molecule has 0 radical (unpaired) electrons. The topological polar surface area (TPSA) is 90.5 Å². The Hall–Kier alpha value is -3.81. The fraction of sp³-hybridized carbons (Fsp3) is 0.150. The summed E-state index contributed by atoms with van der Waals surface area (Å²) in [4.78, 5) is 15.1. The molecule has 0 aliphatic rings. The zero-order valence-electron chi connectivity index (χ0n) is 15.5. The van der Waals surface area contributed by atoms with Crippen LogP contribution in [0.4, 0.5) is 5.69 Å². The molecule has 4 rings (SSSR count). The molecule has 1 atom stereocenters. The van der Waals surface area contributed by atoms with Crippen molar-refractivity contribution in [3.8, 4) is 16.9 Å². The van der Waals surface area contributed by atoms with Gasteiger partial charge in [-0.2, -0.15) is 5.10 Å². The van der Waals surface area contributed by atoms with Crippen molar-refractivity contribution >= 4 is 11.6 Å². The number of nitrogens with zero attached hydrogens (tertiary/aromatic N) is 6. The van der Waals surface area contributed by atoms with Gasteiger partial charge in [-0.25, -0.2) is 14.3 Å². The van der Waals surface area contributed by atoms with Crippen LogP contribution >= 0.6 is 0 Å². The summed E-state index contributed by atoms with van der Waals surface area (Å²) in [6.45, 7) is 3.56. The number of aromatic nitrogens is 6. The third-order valence-corrected chi connectivity index (χ3v) is 4.47. The molecule has 4 aromatic rings. The Kier molecular flexibility index (Phi) is 4.67. The van der Waals surface area contributed by atoms with Gasteiger partial charge in [0.15, 0.2) is 0 Å². The second kappa shape index (κ2) is 7.43. The van der Waals surface area contributed by atoms with Gasteiger partial charge in [0.1, 0.15) is 18.3 Å². The van der Waals surface area contributed by atoms with Crippen LogP contribution in [-0.2, 0) is 4.79 Å². The van der Waals surface area contributed by atoms with Crippen molar-refractivity contribution in [2.45, 2.75) is 19.9 Å². The SMILES string of the molecule is CC(=O)Nc1ccc(-c2cn([C@H](C)c3ccc(-n4cncn4)cc3)nn2)cc1. The number of nitrogens with one attached hydrogen (secondary N) is 1. The quantitative estimate of drug-likeness (QED) is 0.580. The molecule has 0 unspecified atom stereocenters. The first kappa shape index (κ1) is 17.6. The lowest BCUT2D eigenvalue weighted by Crippen LogP contribution is -2.07. The Bertz CT molecular complexity index is 1070. The molecule has 2 heterocycles. The van der Waals surface area contributed by atoms with E-state index >= 15 is 0 Å². The Morgan fingerprint density at radius 3 is 2.46 bits per heavy atom. The van der Waals surface area contributed by atoms with Gasteiger partial charge in [0.25, 0.3) is 0 Å². The second-order valence-electron chi connectivity index (χ2n) is 6.45. The highest BCUT2D eigenvalue weighted by molar-refractivity contribution is 5.88. The molecule has 0 fully saturated rings. The molecular formula is C20H19N7O. The first-order valence-electron chi connectivity index (χ1n) is 8.85. The summed E-state index contributed by atoms with van der Waals surface area (Å²) in [6, 6.07) is 15.7. The first-order valence-corrected chi connectivity index (χ1v) is 8.85. The van der Waals surface area contributed by atoms with E-state index in [1.165, 1.54) is 13.3 Å². The number of anilines is 1. The summed E-state index contributed by atoms with van der Waals surface area (Å²) < 4.78 is 3.55. The molecule has 0 saturated carbocycles. The molecule has 8 nitrogen and oxygen atoms in total. The molecule has 2 aromatic carbocycles. The second-order valence-corrected chi connectivity index (χ2v) is 6.45. The van der Waals surface area contributed by atoms with Gasteiger partial charge in [-0.1, -0.05) is 29.5 Å². The summed E-state index contributed by atoms with van der Waals surface area (Å²) in [5.74, 6) is -0.0950. The minimum Gasteiger partial charge on any atom is -0.326 e. The summed E-state index contributed by atoms with van der Waals surface area (Å²) in [6.07, 6.45) is 5.10. The minimum atomic E-state index is -0.0950. The van der Waals surface area contributed by atoms with Crippen molar-refractivity contribution in [1.29, 1.82) is 0 Å². The lowest BCUT2D eigenvalue weighted by Gasteiger charge is -2.12. The highest BCUT2D eigenvalue weighted by atomic mass is 16.1. The van der Waals surface area contributed by atoms with Crippen LogP contribution in [0.25, 0.3) is 16.9 Å². The molecule has 0 spiro atoms. The maximum absolute atomic E-state index is 11.1. The van der Waals surface area contributed by atoms with Crippen molar-refractivity contribution in [3.63, 3.8) is 0 Å². The fourth-order valence-corrected chi connectivity index (χ4v) is 2.93. The van der Waals surface area contributed by atoms with E-state index < -0.39 is 0 Å². The van der Waals surface area contributed by atoms with Crippen LogP contribution < -0.4 is 5.32 Å². The molecule has 0 saturated heterocycles. The normalized spacial score (nSPS) is 11.9. The van der Waals surface area contributed by atoms with Crippen LogP contribution in [0.2, 0.25) is 0 Å². The van der Waals surface area contributed by atoms with Gasteiger partial charge in [-0.05, 0) is 36.8 Å². The van der Waals surface area contributed by atoms with Gasteiger partial charge < -0.3 is 5.32 Å². The molecule has 1 N–H and O–H groups in total. The van der Waals surface area contributed by atoms with E-state index in [-0.39, 0.29) is 11.9 Å². The Balaban J connectivity index is 1.51. The Morgan fingerprint density at radius 2 is 1.82 bits per heavy atom. The summed E-state index contributed by atoms with van der Waals surface area (Å²) in [5.41, 5.74) is 4.53. The average Bonchev–Trinajstić information content (AvgIpc) is 3.40. The molecule has 28 heavy (non-hydrogen) atoms. The first-order chi connectivity index (χ1) is 13.6. The monoisotopic (exact) mass is 373 g/mol. The van der Waals surface area contributed by atoms with E-state index in [9.17, 15) is 4.79 Å². The molecular weight excluding hydrogens is 354 g/mol. The largest absolute Gasteiger partial charge is 0.326 e. The maximum Gasteiger partial charge on any atom is 0.221 e. The Labute approximate surface area is 161 Å². The lowest BCUT2D eigenvalue weighted by molar-refractivity contribution is -0.114. The van der Waals surface area contributed by atoms with Crippen LogP contribution in [0.15, 0.2) is 67.4 Å². The number of amides is 1. The van der Waals surface area contributed by atoms with Gasteiger partial charge in [0.05, 0.1) is 17.9 Å². The molecule has 0 aliphatic heterocycles. The van der Waals surface area contributed by atoms with Crippen molar-refractivity contribution < 1.29 is 4.79 Å². The summed E-state index contributed by atoms with van der Waals surface area (Å²) in [5, 5.41) is 15.5. The third-order valence-electron chi connectivity index (χ3n) is 4.47. The number of hydrogen-bond donors (Lipinski definition) is 1. The number of carbonyl (C=O) groups is 1. The zero-order chi connectivity index (χ0) is 19.5. The van der Waals surface area contributed by atoms with Crippen molar-refractivity contribution in [2.24, 2.45) is 0 Å². The van der Waals surface area contributed by atoms with Crippen LogP contribution in [0.3, 0.4) is 0 Å². The number of carbonyl (C=O) groups excluding carboxylic acids is 1. The summed E-state index contributed by atoms with van der Waals surface area (Å²) in [7, 11) is 0. The van der Waals surface area contributed by atoms with E-state index in [0.717, 1.165) is 28.2 Å². The standard InChI is InChI=1S/C20H19N7O/c1-14(16-5-9-19(10-6-16)27-13-21-12-22-27)26-11-20(24-25-26)17-3-7-18(8-4-17)23-15(2)28/h3-14H,1-2H3,(H,23,28)/t14-/m1/s1. The van der Waals surface area contributed by atoms with Gasteiger partial charge in [-0.15, -0.1) is 5.10 Å². The van der Waals surface area contributed by atoms with E-state index in [2.05, 4.69) is 32.6 Å². The van der Waals surface area contributed by atoms with E-state index in [4.69, 9.17) is 0 Å². The van der Waals surface area contributed by atoms with Crippen LogP contribution in [-0.4, -0.2) is 35.7 Å². The van der Waals surface area contributed by atoms with E-state index in [1.54, 1.807) is 11.0 Å². The minimum absolute atomic E-state index is 0.0321. The van der Waals surface area contributed by atoms with E-state index in [0.29, 0.717) is 0 Å². The zero-order valence-corrected chi connectivity index (χ0v) is 15.5. The summed E-state index contributed by atoms with van der Waals surface area (Å²) >= 11 is 0. The molecule has 1 amide bonds. The predicted octanol–water partition coefficient (Wildman–Crippen LogP) is 3.09. The highest BCUT2D eigenvalue weighted by Gasteiger charge is 2.12. The highest BCUT2D eigenvalue weighted by Crippen LogP contribution is 2.23. The van der Waals surface area contributed by atoms with E-state index in [1.807, 2.05) is 59.4 Å². The molecule has 140 valence electrons. The van der Waals surface area contributed by atoms with Gasteiger partial charge in [0, 0.05) is 18.2 Å². The van der Waals surface area contributed by atoms with Crippen molar-refractivity contribution in [1.82, 2.24) is 29.8 Å². The van der Waals surface area contributed by atoms with Gasteiger partial charge >= 0.3 is 0 Å². The van der Waals surface area contributed by atoms with Crippen LogP contribution in [0.5, 0.6) is 0 Å². The average molecular weight is 373 g/mol. The van der Waals surface area contributed by atoms with Crippen LogP contribution in [0.1, 0.15) is 25.5 Å². The number of benzene rings is 2. The number of hydrogen-bond acceptors (Lipinski definition) is 5. The maximum atomic E-state index is 11.1. The molecule has 0 bridgehead atoms. The molecule has 0 aliphatic carbocycles. The van der Waals surface area contributed by atoms with Crippen molar-refractivity contribution in [2.75, 3.05) is 5.32 Å². The smallest absolute Gasteiger partial charge is 0.221 e. The van der Waals surface area contributed by atoms with Gasteiger partial charge in [-0.3, -0.25) is 4.79 Å². The fourth-order valence-electron chi connectivity index (χ4n) is 2.93. The van der Waals surface area contributed by atoms with Crippen molar-refractivity contribution in [3.05, 3.63) is 72.9 Å². The lowest BCUT2D eigenvalue weighted by atomic mass is 10.1.